The molecule has 7 heteroatoms. The molecule has 0 atom stereocenters. The maximum absolute atomic E-state index is 11.4. The topological polar surface area (TPSA) is 58.6 Å². The molecule has 0 aromatic carbocycles. The fraction of sp³-hybridized carbons (Fsp3) is 1.00. The van der Waals surface area contributed by atoms with Gasteiger partial charge in [-0.15, -0.1) is 11.6 Å². The number of hydrogen-bond donors (Lipinski definition) is 1. The third-order valence-electron chi connectivity index (χ3n) is 2.05. The largest absolute Gasteiger partial charge is 0.379 e. The third-order valence-corrected chi connectivity index (χ3v) is 3.79. The molecule has 0 saturated heterocycles. The van der Waals surface area contributed by atoms with Gasteiger partial charge >= 0.3 is 0 Å². The van der Waals surface area contributed by atoms with Crippen LogP contribution in [0.15, 0.2) is 0 Å². The van der Waals surface area contributed by atoms with E-state index >= 15 is 0 Å². The standard InChI is InChI=1S/C10H23ClN2O3S/c1-13(2)7-9-16-8-6-12-17(14,15)10-4-3-5-11/h12H,3-10H2,1-2H3. The summed E-state index contributed by atoms with van der Waals surface area (Å²) in [5.41, 5.74) is 0. The molecule has 0 unspecified atom stereocenters. The van der Waals surface area contributed by atoms with Crippen LogP contribution in [0.25, 0.3) is 0 Å². The van der Waals surface area contributed by atoms with E-state index in [9.17, 15) is 8.42 Å². The van der Waals surface area contributed by atoms with Crippen molar-refractivity contribution < 1.29 is 13.2 Å². The van der Waals surface area contributed by atoms with Crippen LogP contribution in [0.5, 0.6) is 0 Å². The van der Waals surface area contributed by atoms with Crippen LogP contribution in [0.3, 0.4) is 0 Å². The molecule has 0 radical (unpaired) electrons. The predicted molar refractivity (Wildman–Crippen MR) is 71.1 cm³/mol. The summed E-state index contributed by atoms with van der Waals surface area (Å²) >= 11 is 5.48. The van der Waals surface area contributed by atoms with E-state index in [1.54, 1.807) is 0 Å². The molecule has 0 bridgehead atoms. The molecule has 0 saturated carbocycles. The van der Waals surface area contributed by atoms with Gasteiger partial charge in [-0.3, -0.25) is 0 Å². The van der Waals surface area contributed by atoms with E-state index in [1.165, 1.54) is 0 Å². The number of sulfonamides is 1. The zero-order chi connectivity index (χ0) is 13.1. The lowest BCUT2D eigenvalue weighted by atomic mass is 10.4. The minimum atomic E-state index is -3.16. The van der Waals surface area contributed by atoms with Gasteiger partial charge < -0.3 is 9.64 Å². The quantitative estimate of drug-likeness (QED) is 0.444. The maximum atomic E-state index is 11.4. The van der Waals surface area contributed by atoms with Crippen LogP contribution < -0.4 is 4.72 Å². The van der Waals surface area contributed by atoms with Crippen molar-refractivity contribution in [2.75, 3.05) is 52.0 Å². The zero-order valence-electron chi connectivity index (χ0n) is 10.6. The Bertz CT molecular complexity index is 271. The van der Waals surface area contributed by atoms with Crippen LogP contribution >= 0.6 is 11.6 Å². The highest BCUT2D eigenvalue weighted by Gasteiger charge is 2.08. The van der Waals surface area contributed by atoms with Crippen molar-refractivity contribution in [3.8, 4) is 0 Å². The summed E-state index contributed by atoms with van der Waals surface area (Å²) in [4.78, 5) is 2.01. The molecule has 1 N–H and O–H groups in total. The number of likely N-dealkylation sites (N-methyl/N-ethyl adjacent to an activating group) is 1. The lowest BCUT2D eigenvalue weighted by molar-refractivity contribution is 0.122. The van der Waals surface area contributed by atoms with E-state index in [1.807, 2.05) is 19.0 Å². The molecule has 0 aromatic rings. The van der Waals surface area contributed by atoms with Gasteiger partial charge in [-0.2, -0.15) is 0 Å². The normalized spacial score (nSPS) is 12.2. The van der Waals surface area contributed by atoms with E-state index in [0.29, 0.717) is 32.1 Å². The van der Waals surface area contributed by atoms with Crippen molar-refractivity contribution in [2.24, 2.45) is 0 Å². The van der Waals surface area contributed by atoms with Gasteiger partial charge in [-0.25, -0.2) is 13.1 Å². The highest BCUT2D eigenvalue weighted by atomic mass is 35.5. The highest BCUT2D eigenvalue weighted by Crippen LogP contribution is 1.96. The lowest BCUT2D eigenvalue weighted by Crippen LogP contribution is -2.30. The number of hydrogen-bond acceptors (Lipinski definition) is 4. The zero-order valence-corrected chi connectivity index (χ0v) is 12.2. The van der Waals surface area contributed by atoms with Crippen molar-refractivity contribution in [2.45, 2.75) is 12.8 Å². The minimum absolute atomic E-state index is 0.136. The summed E-state index contributed by atoms with van der Waals surface area (Å²) in [5, 5.41) is 0. The second-order valence-electron chi connectivity index (χ2n) is 4.02. The predicted octanol–water partition coefficient (Wildman–Crippen LogP) is 0.503. The van der Waals surface area contributed by atoms with Gasteiger partial charge in [-0.1, -0.05) is 0 Å². The van der Waals surface area contributed by atoms with Gasteiger partial charge in [0.05, 0.1) is 19.0 Å². The molecule has 104 valence electrons. The molecule has 0 aliphatic carbocycles. The molecule has 0 heterocycles. The third kappa shape index (κ3) is 12.4. The molecular formula is C10H23ClN2O3S. The molecule has 0 rings (SSSR count). The van der Waals surface area contributed by atoms with Crippen molar-refractivity contribution in [3.63, 3.8) is 0 Å². The number of nitrogens with zero attached hydrogens (tertiary/aromatic N) is 1. The fourth-order valence-electron chi connectivity index (χ4n) is 1.08. The van der Waals surface area contributed by atoms with E-state index in [2.05, 4.69) is 4.72 Å². The maximum Gasteiger partial charge on any atom is 0.211 e. The first-order valence-corrected chi connectivity index (χ1v) is 7.92. The Balaban J connectivity index is 3.46. The minimum Gasteiger partial charge on any atom is -0.379 e. The van der Waals surface area contributed by atoms with Gasteiger partial charge in [-0.05, 0) is 26.9 Å². The first-order chi connectivity index (χ1) is 7.98. The van der Waals surface area contributed by atoms with E-state index in [-0.39, 0.29) is 5.75 Å². The smallest absolute Gasteiger partial charge is 0.211 e. The molecule has 0 aliphatic rings. The summed E-state index contributed by atoms with van der Waals surface area (Å²) < 4.78 is 30.6. The Morgan fingerprint density at radius 2 is 1.94 bits per heavy atom. The van der Waals surface area contributed by atoms with Crippen molar-refractivity contribution in [1.29, 1.82) is 0 Å². The van der Waals surface area contributed by atoms with Crippen LogP contribution in [0.1, 0.15) is 12.8 Å². The lowest BCUT2D eigenvalue weighted by Gasteiger charge is -2.10. The Kier molecular flexibility index (Phi) is 10.2. The van der Waals surface area contributed by atoms with Crippen LogP contribution in [-0.2, 0) is 14.8 Å². The number of nitrogens with one attached hydrogen (secondary N) is 1. The average Bonchev–Trinajstić information content (AvgIpc) is 2.23. The molecule has 0 fully saturated rings. The summed E-state index contributed by atoms with van der Waals surface area (Å²) in [6.07, 6.45) is 1.32. The van der Waals surface area contributed by atoms with Crippen LogP contribution in [0.2, 0.25) is 0 Å². The highest BCUT2D eigenvalue weighted by molar-refractivity contribution is 7.89. The molecule has 17 heavy (non-hydrogen) atoms. The number of ether oxygens (including phenoxy) is 1. The number of alkyl halides is 1. The van der Waals surface area contributed by atoms with Gasteiger partial charge in [0.25, 0.3) is 0 Å². The number of rotatable bonds is 11. The Labute approximate surface area is 110 Å². The first-order valence-electron chi connectivity index (χ1n) is 5.73. The monoisotopic (exact) mass is 286 g/mol. The number of unbranched alkanes of at least 4 members (excludes halogenated alkanes) is 1. The molecular weight excluding hydrogens is 264 g/mol. The van der Waals surface area contributed by atoms with Gasteiger partial charge in [0.2, 0.25) is 10.0 Å². The Hall–Kier alpha value is 0.120. The SMILES string of the molecule is CN(C)CCOCCNS(=O)(=O)CCCCCl. The second kappa shape index (κ2) is 10.1. The van der Waals surface area contributed by atoms with Crippen LogP contribution in [0.4, 0.5) is 0 Å². The Morgan fingerprint density at radius 1 is 1.24 bits per heavy atom. The van der Waals surface area contributed by atoms with E-state index in [0.717, 1.165) is 13.0 Å². The molecule has 0 spiro atoms. The average molecular weight is 287 g/mol. The first kappa shape index (κ1) is 17.1. The van der Waals surface area contributed by atoms with Gasteiger partial charge in [0, 0.05) is 19.0 Å². The van der Waals surface area contributed by atoms with E-state index in [4.69, 9.17) is 16.3 Å². The second-order valence-corrected chi connectivity index (χ2v) is 6.33. The van der Waals surface area contributed by atoms with Gasteiger partial charge in [0.1, 0.15) is 0 Å². The molecule has 0 amide bonds. The summed E-state index contributed by atoms with van der Waals surface area (Å²) in [7, 11) is 0.766. The van der Waals surface area contributed by atoms with E-state index < -0.39 is 10.0 Å². The molecule has 5 nitrogen and oxygen atoms in total. The van der Waals surface area contributed by atoms with Crippen molar-refractivity contribution in [3.05, 3.63) is 0 Å². The van der Waals surface area contributed by atoms with Gasteiger partial charge in [0.15, 0.2) is 0 Å². The van der Waals surface area contributed by atoms with Crippen LogP contribution in [-0.4, -0.2) is 65.3 Å². The van der Waals surface area contributed by atoms with Crippen molar-refractivity contribution in [1.82, 2.24) is 9.62 Å². The Morgan fingerprint density at radius 3 is 2.53 bits per heavy atom. The molecule has 0 aromatic heterocycles. The number of halogens is 1. The summed E-state index contributed by atoms with van der Waals surface area (Å²) in [5.74, 6) is 0.639. The van der Waals surface area contributed by atoms with Crippen molar-refractivity contribution >= 4 is 21.6 Å². The van der Waals surface area contributed by atoms with Crippen LogP contribution in [0, 0.1) is 0 Å². The summed E-state index contributed by atoms with van der Waals surface area (Å²) in [6.45, 7) is 2.18. The fourth-order valence-corrected chi connectivity index (χ4v) is 2.39. The molecule has 0 aliphatic heterocycles. The summed E-state index contributed by atoms with van der Waals surface area (Å²) in [6, 6.07) is 0.